The lowest BCUT2D eigenvalue weighted by Gasteiger charge is -2.18. The number of ether oxygens (including phenoxy) is 1. The Morgan fingerprint density at radius 3 is 2.45 bits per heavy atom. The second kappa shape index (κ2) is 9.51. The van der Waals surface area contributed by atoms with Gasteiger partial charge in [0.1, 0.15) is 0 Å². The summed E-state index contributed by atoms with van der Waals surface area (Å²) in [4.78, 5) is 24.9. The zero-order valence-electron chi connectivity index (χ0n) is 18.0. The van der Waals surface area contributed by atoms with Crippen molar-refractivity contribution < 1.29 is 22.7 Å². The molecule has 166 valence electrons. The zero-order chi connectivity index (χ0) is 22.6. The maximum atomic E-state index is 12.8. The third kappa shape index (κ3) is 5.85. The molecule has 1 saturated carbocycles. The van der Waals surface area contributed by atoms with E-state index >= 15 is 0 Å². The average Bonchev–Trinajstić information content (AvgIpc) is 3.20. The highest BCUT2D eigenvalue weighted by Gasteiger charge is 2.25. The second-order valence-electron chi connectivity index (χ2n) is 7.99. The quantitative estimate of drug-likeness (QED) is 0.634. The predicted octanol–water partition coefficient (Wildman–Crippen LogP) is 3.71. The van der Waals surface area contributed by atoms with Crippen molar-refractivity contribution in [3.8, 4) is 0 Å². The number of amides is 1. The van der Waals surface area contributed by atoms with E-state index in [0.717, 1.165) is 31.2 Å². The normalized spacial score (nSPS) is 15.3. The van der Waals surface area contributed by atoms with Gasteiger partial charge < -0.3 is 10.1 Å². The first-order valence-corrected chi connectivity index (χ1v) is 11.9. The summed E-state index contributed by atoms with van der Waals surface area (Å²) in [5, 5.41) is 2.90. The van der Waals surface area contributed by atoms with Gasteiger partial charge in [0.15, 0.2) is 6.10 Å². The SMILES string of the molecule is Cc1cccc(NS(=O)(=O)c2ccc(C)c(C(=O)O[C@@H](C)C(=O)NC3CCCC3)c2)c1. The molecule has 0 aliphatic heterocycles. The molecule has 1 fully saturated rings. The van der Waals surface area contributed by atoms with Crippen LogP contribution in [0.4, 0.5) is 5.69 Å². The van der Waals surface area contributed by atoms with Gasteiger partial charge in [-0.25, -0.2) is 13.2 Å². The van der Waals surface area contributed by atoms with Crippen molar-refractivity contribution in [3.05, 3.63) is 59.2 Å². The minimum atomic E-state index is -3.90. The van der Waals surface area contributed by atoms with Crippen molar-refractivity contribution in [1.29, 1.82) is 0 Å². The molecule has 8 heteroatoms. The number of sulfonamides is 1. The van der Waals surface area contributed by atoms with Gasteiger partial charge in [-0.2, -0.15) is 0 Å². The lowest BCUT2D eigenvalue weighted by atomic mass is 10.1. The van der Waals surface area contributed by atoms with Gasteiger partial charge in [0, 0.05) is 11.7 Å². The Kier molecular flexibility index (Phi) is 7.00. The Balaban J connectivity index is 1.73. The third-order valence-corrected chi connectivity index (χ3v) is 6.74. The minimum Gasteiger partial charge on any atom is -0.449 e. The molecule has 0 bridgehead atoms. The van der Waals surface area contributed by atoms with E-state index in [-0.39, 0.29) is 22.4 Å². The lowest BCUT2D eigenvalue weighted by Crippen LogP contribution is -2.40. The summed E-state index contributed by atoms with van der Waals surface area (Å²) >= 11 is 0. The van der Waals surface area contributed by atoms with Crippen molar-refractivity contribution in [3.63, 3.8) is 0 Å². The van der Waals surface area contributed by atoms with Crippen LogP contribution in [-0.2, 0) is 19.6 Å². The molecule has 2 aromatic rings. The molecule has 1 aliphatic carbocycles. The number of carbonyl (C=O) groups is 2. The summed E-state index contributed by atoms with van der Waals surface area (Å²) in [6, 6.07) is 11.4. The molecule has 0 heterocycles. The van der Waals surface area contributed by atoms with Crippen molar-refractivity contribution in [2.75, 3.05) is 4.72 Å². The first-order valence-electron chi connectivity index (χ1n) is 10.4. The van der Waals surface area contributed by atoms with Crippen LogP contribution in [0.1, 0.15) is 54.1 Å². The molecule has 31 heavy (non-hydrogen) atoms. The molecular formula is C23H28N2O5S. The van der Waals surface area contributed by atoms with Crippen molar-refractivity contribution in [2.45, 2.75) is 63.5 Å². The second-order valence-corrected chi connectivity index (χ2v) is 9.67. The fourth-order valence-corrected chi connectivity index (χ4v) is 4.65. The van der Waals surface area contributed by atoms with E-state index in [9.17, 15) is 18.0 Å². The molecule has 0 unspecified atom stereocenters. The van der Waals surface area contributed by atoms with Crippen molar-refractivity contribution in [1.82, 2.24) is 5.32 Å². The van der Waals surface area contributed by atoms with Crippen LogP contribution in [0.5, 0.6) is 0 Å². The highest BCUT2D eigenvalue weighted by Crippen LogP contribution is 2.21. The van der Waals surface area contributed by atoms with Gasteiger partial charge in [-0.05, 0) is 69.0 Å². The standard InChI is InChI=1S/C23H28N2O5S/c1-15-7-6-10-19(13-15)25-31(28,29)20-12-11-16(2)21(14-20)23(27)30-17(3)22(26)24-18-8-4-5-9-18/h6-7,10-14,17-18,25H,4-5,8-9H2,1-3H3,(H,24,26)/t17-/m0/s1. The van der Waals surface area contributed by atoms with Crippen LogP contribution in [0.25, 0.3) is 0 Å². The molecule has 0 aromatic heterocycles. The topological polar surface area (TPSA) is 102 Å². The largest absolute Gasteiger partial charge is 0.449 e. The zero-order valence-corrected chi connectivity index (χ0v) is 18.8. The van der Waals surface area contributed by atoms with Crippen LogP contribution in [0.3, 0.4) is 0 Å². The number of nitrogens with one attached hydrogen (secondary N) is 2. The molecule has 1 atom stereocenters. The molecule has 1 amide bonds. The Bertz CT molecular complexity index is 1080. The maximum absolute atomic E-state index is 12.8. The Labute approximate surface area is 183 Å². The molecule has 0 saturated heterocycles. The number of esters is 1. The van der Waals surface area contributed by atoms with Gasteiger partial charge in [0.25, 0.3) is 15.9 Å². The summed E-state index contributed by atoms with van der Waals surface area (Å²) in [6.45, 7) is 5.06. The van der Waals surface area contributed by atoms with E-state index in [1.807, 2.05) is 13.0 Å². The predicted molar refractivity (Wildman–Crippen MR) is 118 cm³/mol. The highest BCUT2D eigenvalue weighted by atomic mass is 32.2. The summed E-state index contributed by atoms with van der Waals surface area (Å²) in [5.41, 5.74) is 2.01. The number of rotatable bonds is 7. The van der Waals surface area contributed by atoms with Gasteiger partial charge in [0.05, 0.1) is 10.5 Å². The summed E-state index contributed by atoms with van der Waals surface area (Å²) < 4.78 is 33.4. The Hall–Kier alpha value is -2.87. The number of anilines is 1. The van der Waals surface area contributed by atoms with Gasteiger partial charge in [0.2, 0.25) is 0 Å². The average molecular weight is 445 g/mol. The number of aryl methyl sites for hydroxylation is 2. The first-order chi connectivity index (χ1) is 14.7. The summed E-state index contributed by atoms with van der Waals surface area (Å²) in [5.74, 6) is -1.08. The monoisotopic (exact) mass is 444 g/mol. The molecule has 2 aromatic carbocycles. The van der Waals surface area contributed by atoms with Crippen LogP contribution in [0.15, 0.2) is 47.4 Å². The van der Waals surface area contributed by atoms with Gasteiger partial charge in [-0.3, -0.25) is 9.52 Å². The minimum absolute atomic E-state index is 0.0605. The van der Waals surface area contributed by atoms with Crippen LogP contribution >= 0.6 is 0 Å². The van der Waals surface area contributed by atoms with Crippen LogP contribution in [0, 0.1) is 13.8 Å². The lowest BCUT2D eigenvalue weighted by molar-refractivity contribution is -0.129. The molecular weight excluding hydrogens is 416 g/mol. The van der Waals surface area contributed by atoms with Crippen molar-refractivity contribution >= 4 is 27.6 Å². The van der Waals surface area contributed by atoms with E-state index in [0.29, 0.717) is 11.3 Å². The Morgan fingerprint density at radius 1 is 1.06 bits per heavy atom. The molecule has 0 radical (unpaired) electrons. The number of carbonyl (C=O) groups excluding carboxylic acids is 2. The number of benzene rings is 2. The smallest absolute Gasteiger partial charge is 0.339 e. The van der Waals surface area contributed by atoms with E-state index in [1.54, 1.807) is 31.2 Å². The van der Waals surface area contributed by atoms with E-state index in [2.05, 4.69) is 10.0 Å². The molecule has 7 nitrogen and oxygen atoms in total. The van der Waals surface area contributed by atoms with Crippen LogP contribution < -0.4 is 10.0 Å². The summed E-state index contributed by atoms with van der Waals surface area (Å²) in [7, 11) is -3.90. The van der Waals surface area contributed by atoms with E-state index in [4.69, 9.17) is 4.74 Å². The Morgan fingerprint density at radius 2 is 1.77 bits per heavy atom. The van der Waals surface area contributed by atoms with Gasteiger partial charge in [-0.1, -0.05) is 31.0 Å². The fraction of sp³-hybridized carbons (Fsp3) is 0.391. The van der Waals surface area contributed by atoms with Crippen LogP contribution in [-0.4, -0.2) is 32.4 Å². The van der Waals surface area contributed by atoms with Crippen molar-refractivity contribution in [2.24, 2.45) is 0 Å². The highest BCUT2D eigenvalue weighted by molar-refractivity contribution is 7.92. The van der Waals surface area contributed by atoms with E-state index < -0.39 is 22.1 Å². The first kappa shape index (κ1) is 22.8. The maximum Gasteiger partial charge on any atom is 0.339 e. The third-order valence-electron chi connectivity index (χ3n) is 5.36. The van der Waals surface area contributed by atoms with Gasteiger partial charge >= 0.3 is 5.97 Å². The number of hydrogen-bond acceptors (Lipinski definition) is 5. The molecule has 0 spiro atoms. The van der Waals surface area contributed by atoms with Crippen LogP contribution in [0.2, 0.25) is 0 Å². The number of hydrogen-bond donors (Lipinski definition) is 2. The fourth-order valence-electron chi connectivity index (χ4n) is 3.58. The van der Waals surface area contributed by atoms with E-state index in [1.165, 1.54) is 19.1 Å². The summed E-state index contributed by atoms with van der Waals surface area (Å²) in [6.07, 6.45) is 3.04. The molecule has 3 rings (SSSR count). The molecule has 2 N–H and O–H groups in total. The molecule has 1 aliphatic rings. The van der Waals surface area contributed by atoms with Gasteiger partial charge in [-0.15, -0.1) is 0 Å².